The van der Waals surface area contributed by atoms with E-state index in [1.807, 2.05) is 158 Å². The monoisotopic (exact) mass is 1450 g/mol. The summed E-state index contributed by atoms with van der Waals surface area (Å²) in [6.45, 7) is 0. The quantitative estimate of drug-likeness (QED) is 0.107. The number of thiophene rings is 1. The summed E-state index contributed by atoms with van der Waals surface area (Å²) in [5, 5.41) is 5.84. The van der Waals surface area contributed by atoms with Crippen molar-refractivity contribution in [2.24, 2.45) is 0 Å². The Morgan fingerprint density at radius 3 is 1.19 bits per heavy atom. The van der Waals surface area contributed by atoms with Crippen LogP contribution < -0.4 is 0 Å². The van der Waals surface area contributed by atoms with Gasteiger partial charge in [0.25, 0.3) is 0 Å². The summed E-state index contributed by atoms with van der Waals surface area (Å²) in [7, 11) is 0. The number of nitrogens with zero attached hydrogens (tertiary/aromatic N) is 10. The van der Waals surface area contributed by atoms with E-state index < -0.39 is 0 Å². The predicted octanol–water partition coefficient (Wildman–Crippen LogP) is 25.4. The highest BCUT2D eigenvalue weighted by Gasteiger charge is 2.25. The summed E-state index contributed by atoms with van der Waals surface area (Å²) in [6.07, 6.45) is 0. The van der Waals surface area contributed by atoms with Crippen molar-refractivity contribution in [2.75, 3.05) is 0 Å². The van der Waals surface area contributed by atoms with Crippen LogP contribution in [0.2, 0.25) is 0 Å². The molecule has 0 aliphatic rings. The van der Waals surface area contributed by atoms with Gasteiger partial charge < -0.3 is 13.3 Å². The lowest BCUT2D eigenvalue weighted by Gasteiger charge is -2.09. The van der Waals surface area contributed by atoms with Gasteiger partial charge in [0, 0.05) is 98.2 Å². The SMILES string of the molecule is c1ccc(-c2nc(-c3ccccc3)nc(-c3ccc(-c4ccc5c(c4)oc4cccc(-c6nc(-c7ccccc7)c7sc8c(-c9ccc(-c%10nc(-c%11ccc%12c(c%11)oc%11c(-c%13ccc(-c%14nc(-c%15ccccc%15)nc(-c%15ccccc%15)n%14)cc%13)cccc%11%12)nc%11c%10oc%10ccccc%10%11)cc9)cccc8c7n6)c45)cc3)n2)cc1. The number of rotatable bonds is 13. The minimum Gasteiger partial charge on any atom is -0.456 e. The molecule has 0 atom stereocenters. The molecule has 522 valence electrons. The van der Waals surface area contributed by atoms with E-state index in [0.717, 1.165) is 175 Å². The lowest BCUT2D eigenvalue weighted by molar-refractivity contribution is 0.667. The fourth-order valence-electron chi connectivity index (χ4n) is 15.4. The van der Waals surface area contributed by atoms with Crippen LogP contribution >= 0.6 is 11.3 Å². The molecule has 0 bridgehead atoms. The molecule has 22 aromatic rings. The Balaban J connectivity index is 0.587. The van der Waals surface area contributed by atoms with Gasteiger partial charge in [0.05, 0.1) is 15.9 Å². The maximum Gasteiger partial charge on any atom is 0.180 e. The van der Waals surface area contributed by atoms with Gasteiger partial charge in [-0.15, -0.1) is 11.3 Å². The maximum atomic E-state index is 6.91. The number of benzene rings is 14. The van der Waals surface area contributed by atoms with Crippen LogP contribution in [0.15, 0.2) is 353 Å². The van der Waals surface area contributed by atoms with Gasteiger partial charge in [-0.05, 0) is 70.3 Å². The number of furan rings is 3. The summed E-state index contributed by atoms with van der Waals surface area (Å²) < 4.78 is 22.5. The Morgan fingerprint density at radius 1 is 0.188 bits per heavy atom. The van der Waals surface area contributed by atoms with Crippen molar-refractivity contribution in [1.29, 1.82) is 0 Å². The Hall–Kier alpha value is -15.1. The van der Waals surface area contributed by atoms with Crippen LogP contribution in [0.5, 0.6) is 0 Å². The van der Waals surface area contributed by atoms with Crippen molar-refractivity contribution in [3.8, 4) is 147 Å². The third-order valence-electron chi connectivity index (χ3n) is 20.9. The van der Waals surface area contributed by atoms with E-state index in [1.54, 1.807) is 11.3 Å². The molecule has 0 amide bonds. The number of hydrogen-bond donors (Lipinski definition) is 0. The fourth-order valence-corrected chi connectivity index (χ4v) is 16.7. The van der Waals surface area contributed by atoms with Crippen molar-refractivity contribution < 1.29 is 13.3 Å². The van der Waals surface area contributed by atoms with Gasteiger partial charge in [0.1, 0.15) is 39.1 Å². The Kier molecular flexibility index (Phi) is 15.1. The number of fused-ring (bicyclic) bond motifs is 12. The zero-order chi connectivity index (χ0) is 73.7. The van der Waals surface area contributed by atoms with Crippen LogP contribution in [0.1, 0.15) is 0 Å². The molecule has 0 spiro atoms. The molecule has 8 heterocycles. The molecular formula is C98H56N10O3S. The van der Waals surface area contributed by atoms with Crippen molar-refractivity contribution >= 4 is 97.6 Å². The van der Waals surface area contributed by atoms with Crippen LogP contribution in [0, 0.1) is 0 Å². The highest BCUT2D eigenvalue weighted by molar-refractivity contribution is 7.26. The first-order chi connectivity index (χ1) is 55.4. The number of aromatic nitrogens is 10. The smallest absolute Gasteiger partial charge is 0.180 e. The molecule has 13 nitrogen and oxygen atoms in total. The van der Waals surface area contributed by atoms with Gasteiger partial charge in [-0.2, -0.15) is 0 Å². The average molecular weight is 1450 g/mol. The molecule has 112 heavy (non-hydrogen) atoms. The van der Waals surface area contributed by atoms with E-state index in [1.165, 1.54) is 0 Å². The molecule has 0 N–H and O–H groups in total. The van der Waals surface area contributed by atoms with Crippen molar-refractivity contribution in [3.05, 3.63) is 340 Å². The Labute approximate surface area is 643 Å². The standard InChI is InChI=1S/C98H56N10O3S/c1-6-21-60(22-7-1)84-90-86(102-98(100-84)76-35-20-38-79-82(76)74-54-51-68(55-81(74)109-79)57-39-47-66(48-40-57)95-105-91(62-23-8-2-9-24-62)103-92(106-95)63-25-10-3-11-26-63)77-36-19-33-71(89(77)112-90)59-41-45-61(46-42-59)83-88-85(75-31-16-17-37-78(75)110-88)101-97(99-83)69-52-53-72-73-34-18-32-70(87(73)111-80(72)56-69)58-43-49-67(50-44-58)96-107-93(64-27-12-4-13-28-64)104-94(108-96)65-29-14-5-15-30-65/h1-56H. The lowest BCUT2D eigenvalue weighted by atomic mass is 10.00. The van der Waals surface area contributed by atoms with Crippen LogP contribution in [-0.2, 0) is 0 Å². The molecule has 22 rings (SSSR count). The van der Waals surface area contributed by atoms with Crippen LogP contribution in [0.25, 0.3) is 233 Å². The minimum atomic E-state index is 0.546. The summed E-state index contributed by atoms with van der Waals surface area (Å²) >= 11 is 1.72. The molecule has 0 unspecified atom stereocenters. The van der Waals surface area contributed by atoms with Crippen molar-refractivity contribution in [1.82, 2.24) is 49.8 Å². The van der Waals surface area contributed by atoms with Gasteiger partial charge in [0.2, 0.25) is 0 Å². The summed E-state index contributed by atoms with van der Waals surface area (Å²) in [5.74, 6) is 4.80. The normalized spacial score (nSPS) is 11.8. The predicted molar refractivity (Wildman–Crippen MR) is 450 cm³/mol. The second-order valence-electron chi connectivity index (χ2n) is 27.7. The average Bonchev–Trinajstić information content (AvgIpc) is 1.58. The van der Waals surface area contributed by atoms with Crippen molar-refractivity contribution in [2.45, 2.75) is 0 Å². The minimum absolute atomic E-state index is 0.546. The second-order valence-corrected chi connectivity index (χ2v) is 28.7. The van der Waals surface area contributed by atoms with Crippen molar-refractivity contribution in [3.63, 3.8) is 0 Å². The van der Waals surface area contributed by atoms with Crippen LogP contribution in [0.4, 0.5) is 0 Å². The Morgan fingerprint density at radius 2 is 0.580 bits per heavy atom. The van der Waals surface area contributed by atoms with Gasteiger partial charge in [0.15, 0.2) is 52.2 Å². The highest BCUT2D eigenvalue weighted by Crippen LogP contribution is 2.47. The molecule has 0 radical (unpaired) electrons. The zero-order valence-electron chi connectivity index (χ0n) is 59.4. The molecule has 0 aliphatic carbocycles. The molecule has 0 saturated heterocycles. The molecular weight excluding hydrogens is 1400 g/mol. The van der Waals surface area contributed by atoms with Gasteiger partial charge in [-0.3, -0.25) is 0 Å². The first kappa shape index (κ1) is 64.1. The van der Waals surface area contributed by atoms with E-state index in [9.17, 15) is 0 Å². The summed E-state index contributed by atoms with van der Waals surface area (Å²) in [5.41, 5.74) is 22.6. The molecule has 0 fully saturated rings. The van der Waals surface area contributed by atoms with Gasteiger partial charge in [-0.1, -0.05) is 297 Å². The van der Waals surface area contributed by atoms with Gasteiger partial charge >= 0.3 is 0 Å². The molecule has 8 aromatic heterocycles. The zero-order valence-corrected chi connectivity index (χ0v) is 60.3. The molecule has 0 aliphatic heterocycles. The topological polar surface area (TPSA) is 168 Å². The number of para-hydroxylation sites is 2. The number of hydrogen-bond acceptors (Lipinski definition) is 14. The second kappa shape index (κ2) is 26.4. The highest BCUT2D eigenvalue weighted by atomic mass is 32.1. The maximum absolute atomic E-state index is 6.91. The lowest BCUT2D eigenvalue weighted by Crippen LogP contribution is -2.00. The summed E-state index contributed by atoms with van der Waals surface area (Å²) in [4.78, 5) is 51.4. The van der Waals surface area contributed by atoms with E-state index in [2.05, 4.69) is 182 Å². The molecule has 0 saturated carbocycles. The first-order valence-corrected chi connectivity index (χ1v) is 37.7. The summed E-state index contributed by atoms with van der Waals surface area (Å²) in [6, 6.07) is 115. The van der Waals surface area contributed by atoms with E-state index in [0.29, 0.717) is 57.9 Å². The fraction of sp³-hybridized carbons (Fsp3) is 0. The Bertz CT molecular complexity index is 7350. The third kappa shape index (κ3) is 11.1. The van der Waals surface area contributed by atoms with E-state index in [4.69, 9.17) is 63.1 Å². The molecule has 14 heteroatoms. The third-order valence-corrected chi connectivity index (χ3v) is 22.1. The largest absolute Gasteiger partial charge is 0.456 e. The molecule has 14 aromatic carbocycles. The van der Waals surface area contributed by atoms with Gasteiger partial charge in [-0.25, -0.2) is 49.8 Å². The first-order valence-electron chi connectivity index (χ1n) is 36.9. The van der Waals surface area contributed by atoms with E-state index in [-0.39, 0.29) is 0 Å². The van der Waals surface area contributed by atoms with Crippen LogP contribution in [-0.4, -0.2) is 49.8 Å². The van der Waals surface area contributed by atoms with Crippen LogP contribution in [0.3, 0.4) is 0 Å². The van der Waals surface area contributed by atoms with E-state index >= 15 is 0 Å².